The zero-order valence-electron chi connectivity index (χ0n) is 16.9. The summed E-state index contributed by atoms with van der Waals surface area (Å²) >= 11 is 0. The van der Waals surface area contributed by atoms with Crippen LogP contribution in [0.5, 0.6) is 0 Å². The molecular formula is C22H25N5O2. The molecule has 0 radical (unpaired) electrons. The van der Waals surface area contributed by atoms with E-state index in [1.807, 2.05) is 4.90 Å². The van der Waals surface area contributed by atoms with Crippen molar-refractivity contribution in [1.82, 2.24) is 19.8 Å². The first-order chi connectivity index (χ1) is 13.8. The Morgan fingerprint density at radius 1 is 1.10 bits per heavy atom. The fourth-order valence-electron chi connectivity index (χ4n) is 3.61. The van der Waals surface area contributed by atoms with Crippen LogP contribution in [0, 0.1) is 0 Å². The van der Waals surface area contributed by atoms with Gasteiger partial charge in [-0.25, -0.2) is 4.98 Å². The van der Waals surface area contributed by atoms with Gasteiger partial charge in [-0.05, 0) is 57.3 Å². The van der Waals surface area contributed by atoms with Gasteiger partial charge in [-0.3, -0.25) is 14.5 Å². The average molecular weight is 391 g/mol. The molecule has 4 rings (SSSR count). The van der Waals surface area contributed by atoms with Gasteiger partial charge in [0.15, 0.2) is 0 Å². The van der Waals surface area contributed by atoms with Crippen LogP contribution in [-0.2, 0) is 0 Å². The minimum atomic E-state index is -0.230. The van der Waals surface area contributed by atoms with E-state index in [0.717, 1.165) is 17.6 Å². The fraction of sp³-hybridized carbons (Fsp3) is 0.318. The maximum atomic E-state index is 13.0. The van der Waals surface area contributed by atoms with Crippen molar-refractivity contribution >= 4 is 28.5 Å². The molecular weight excluding hydrogens is 366 g/mol. The summed E-state index contributed by atoms with van der Waals surface area (Å²) in [5.74, 6) is -0.243. The molecule has 0 atom stereocenters. The van der Waals surface area contributed by atoms with Gasteiger partial charge < -0.3 is 15.2 Å². The van der Waals surface area contributed by atoms with Crippen LogP contribution in [-0.4, -0.2) is 63.8 Å². The van der Waals surface area contributed by atoms with Crippen molar-refractivity contribution in [3.05, 3.63) is 59.9 Å². The van der Waals surface area contributed by atoms with Gasteiger partial charge in [-0.1, -0.05) is 6.07 Å². The van der Waals surface area contributed by atoms with E-state index in [-0.39, 0.29) is 17.4 Å². The second kappa shape index (κ2) is 7.33. The fourth-order valence-corrected chi connectivity index (χ4v) is 3.61. The molecule has 2 amide bonds. The van der Waals surface area contributed by atoms with Gasteiger partial charge in [0, 0.05) is 42.0 Å². The van der Waals surface area contributed by atoms with Crippen molar-refractivity contribution in [2.75, 3.05) is 32.0 Å². The number of aromatic amines is 1. The van der Waals surface area contributed by atoms with Crippen LogP contribution < -0.4 is 5.32 Å². The van der Waals surface area contributed by atoms with Gasteiger partial charge in [0.2, 0.25) is 0 Å². The molecule has 1 aromatic heterocycles. The molecule has 0 spiro atoms. The van der Waals surface area contributed by atoms with Gasteiger partial charge >= 0.3 is 0 Å². The number of nitrogens with one attached hydrogen (secondary N) is 2. The first-order valence-corrected chi connectivity index (χ1v) is 9.68. The Kier molecular flexibility index (Phi) is 4.84. The summed E-state index contributed by atoms with van der Waals surface area (Å²) in [4.78, 5) is 37.0. The number of nitrogens with zero attached hydrogens (tertiary/aromatic N) is 3. The molecule has 29 heavy (non-hydrogen) atoms. The zero-order chi connectivity index (χ0) is 20.6. The number of carbonyl (C=O) groups excluding carboxylic acids is 2. The van der Waals surface area contributed by atoms with Crippen molar-refractivity contribution in [3.8, 4) is 0 Å². The predicted octanol–water partition coefficient (Wildman–Crippen LogP) is 2.98. The number of fused-ring (bicyclic) bond motifs is 1. The Labute approximate surface area is 169 Å². The van der Waals surface area contributed by atoms with Crippen LogP contribution >= 0.6 is 0 Å². The zero-order valence-corrected chi connectivity index (χ0v) is 16.9. The van der Waals surface area contributed by atoms with Gasteiger partial charge in [0.1, 0.15) is 0 Å². The number of piperazine rings is 1. The molecule has 2 N–H and O–H groups in total. The van der Waals surface area contributed by atoms with Crippen molar-refractivity contribution in [3.63, 3.8) is 0 Å². The van der Waals surface area contributed by atoms with E-state index < -0.39 is 0 Å². The lowest BCUT2D eigenvalue weighted by Gasteiger charge is -2.45. The van der Waals surface area contributed by atoms with Gasteiger partial charge in [0.25, 0.3) is 11.8 Å². The lowest BCUT2D eigenvalue weighted by atomic mass is 9.99. The molecule has 0 saturated carbocycles. The van der Waals surface area contributed by atoms with Crippen LogP contribution in [0.2, 0.25) is 0 Å². The lowest BCUT2D eigenvalue weighted by Crippen LogP contribution is -2.58. The van der Waals surface area contributed by atoms with Gasteiger partial charge in [-0.15, -0.1) is 0 Å². The smallest absolute Gasteiger partial charge is 0.255 e. The molecule has 3 aromatic rings. The quantitative estimate of drug-likeness (QED) is 0.719. The molecule has 1 aliphatic heterocycles. The number of amides is 2. The topological polar surface area (TPSA) is 81.3 Å². The molecule has 2 aromatic carbocycles. The van der Waals surface area contributed by atoms with Crippen LogP contribution in [0.1, 0.15) is 34.6 Å². The molecule has 7 nitrogen and oxygen atoms in total. The van der Waals surface area contributed by atoms with Crippen LogP contribution in [0.4, 0.5) is 5.69 Å². The highest BCUT2D eigenvalue weighted by atomic mass is 16.2. The Bertz CT molecular complexity index is 1070. The van der Waals surface area contributed by atoms with Crippen LogP contribution in [0.15, 0.2) is 48.8 Å². The Morgan fingerprint density at radius 2 is 1.93 bits per heavy atom. The number of hydrogen-bond acceptors (Lipinski definition) is 4. The van der Waals surface area contributed by atoms with E-state index >= 15 is 0 Å². The second-order valence-electron chi connectivity index (χ2n) is 8.13. The normalized spacial score (nSPS) is 16.7. The van der Waals surface area contributed by atoms with E-state index in [1.165, 1.54) is 0 Å². The number of rotatable bonds is 3. The largest absolute Gasteiger partial charge is 0.345 e. The van der Waals surface area contributed by atoms with E-state index in [2.05, 4.69) is 41.1 Å². The van der Waals surface area contributed by atoms with Crippen LogP contribution in [0.25, 0.3) is 11.0 Å². The summed E-state index contributed by atoms with van der Waals surface area (Å²) in [6.07, 6.45) is 1.60. The van der Waals surface area contributed by atoms with E-state index in [0.29, 0.717) is 29.9 Å². The lowest BCUT2D eigenvalue weighted by molar-refractivity contribution is 0.0311. The Hall–Kier alpha value is -3.19. The summed E-state index contributed by atoms with van der Waals surface area (Å²) in [5.41, 5.74) is 3.25. The average Bonchev–Trinajstić information content (AvgIpc) is 3.17. The first kappa shape index (κ1) is 19.1. The third-order valence-electron chi connectivity index (χ3n) is 5.65. The van der Waals surface area contributed by atoms with Gasteiger partial charge in [-0.2, -0.15) is 0 Å². The number of likely N-dealkylation sites (N-methyl/N-ethyl adjacent to an activating group) is 1. The maximum absolute atomic E-state index is 13.0. The predicted molar refractivity (Wildman–Crippen MR) is 113 cm³/mol. The minimum Gasteiger partial charge on any atom is -0.345 e. The minimum absolute atomic E-state index is 0.0128. The summed E-state index contributed by atoms with van der Waals surface area (Å²) in [6, 6.07) is 12.4. The molecule has 150 valence electrons. The highest BCUT2D eigenvalue weighted by Gasteiger charge is 2.33. The van der Waals surface area contributed by atoms with Crippen molar-refractivity contribution in [1.29, 1.82) is 0 Å². The van der Waals surface area contributed by atoms with E-state index in [1.54, 1.807) is 48.8 Å². The highest BCUT2D eigenvalue weighted by molar-refractivity contribution is 6.06. The SMILES string of the molecule is CN1CCN(C(=O)c2cccc(NC(=O)c3ccc4nc[nH]c4c3)c2)CC1(C)C. The third kappa shape index (κ3) is 3.86. The first-order valence-electron chi connectivity index (χ1n) is 9.68. The number of anilines is 1. The molecule has 1 aliphatic rings. The molecule has 0 aliphatic carbocycles. The van der Waals surface area contributed by atoms with Crippen molar-refractivity contribution < 1.29 is 9.59 Å². The molecule has 1 fully saturated rings. The molecule has 0 bridgehead atoms. The molecule has 2 heterocycles. The van der Waals surface area contributed by atoms with Gasteiger partial charge in [0.05, 0.1) is 17.4 Å². The maximum Gasteiger partial charge on any atom is 0.255 e. The summed E-state index contributed by atoms with van der Waals surface area (Å²) in [5, 5.41) is 2.88. The third-order valence-corrected chi connectivity index (χ3v) is 5.65. The number of H-pyrrole nitrogens is 1. The highest BCUT2D eigenvalue weighted by Crippen LogP contribution is 2.22. The standard InChI is InChI=1S/C22H25N5O2/c1-22(2)13-27(10-9-26(22)3)21(29)16-5-4-6-17(11-16)25-20(28)15-7-8-18-19(12-15)24-14-23-18/h4-8,11-12,14H,9-10,13H2,1-3H3,(H,23,24)(H,25,28). The number of benzene rings is 2. The summed E-state index contributed by atoms with van der Waals surface area (Å²) in [7, 11) is 2.08. The number of imidazole rings is 1. The van der Waals surface area contributed by atoms with Crippen molar-refractivity contribution in [2.45, 2.75) is 19.4 Å². The van der Waals surface area contributed by atoms with Crippen molar-refractivity contribution in [2.24, 2.45) is 0 Å². The number of carbonyl (C=O) groups is 2. The number of hydrogen-bond donors (Lipinski definition) is 2. The second-order valence-corrected chi connectivity index (χ2v) is 8.13. The molecule has 7 heteroatoms. The number of aromatic nitrogens is 2. The molecule has 1 saturated heterocycles. The van der Waals surface area contributed by atoms with Crippen LogP contribution in [0.3, 0.4) is 0 Å². The monoisotopic (exact) mass is 391 g/mol. The van der Waals surface area contributed by atoms with E-state index in [4.69, 9.17) is 0 Å². The Balaban J connectivity index is 1.49. The Morgan fingerprint density at radius 3 is 2.72 bits per heavy atom. The van der Waals surface area contributed by atoms with E-state index in [9.17, 15) is 9.59 Å². The summed E-state index contributed by atoms with van der Waals surface area (Å²) in [6.45, 7) is 6.48. The molecule has 0 unspecified atom stereocenters. The summed E-state index contributed by atoms with van der Waals surface area (Å²) < 4.78 is 0.